The first-order valence-electron chi connectivity index (χ1n) is 6.08. The van der Waals surface area contributed by atoms with E-state index in [2.05, 4.69) is 11.8 Å². The monoisotopic (exact) mass is 221 g/mol. The fourth-order valence-corrected chi connectivity index (χ4v) is 2.42. The molecule has 1 unspecified atom stereocenters. The minimum Gasteiger partial charge on any atom is -0.461 e. The molecule has 1 fully saturated rings. The maximum Gasteiger partial charge on any atom is 0.211 e. The van der Waals surface area contributed by atoms with Crippen LogP contribution in [0.2, 0.25) is 0 Å². The zero-order valence-electron chi connectivity index (χ0n) is 9.82. The van der Waals surface area contributed by atoms with E-state index in [1.165, 1.54) is 19.3 Å². The van der Waals surface area contributed by atoms with Gasteiger partial charge in [0.05, 0.1) is 12.8 Å². The zero-order valence-corrected chi connectivity index (χ0v) is 9.82. The predicted octanol–water partition coefficient (Wildman–Crippen LogP) is 2.58. The van der Waals surface area contributed by atoms with E-state index in [1.807, 2.05) is 0 Å². The van der Waals surface area contributed by atoms with Gasteiger partial charge in [-0.05, 0) is 37.4 Å². The van der Waals surface area contributed by atoms with Crippen LogP contribution in [0.15, 0.2) is 22.8 Å². The molecule has 2 heterocycles. The molecule has 0 radical (unpaired) electrons. The molecule has 1 aliphatic heterocycles. The van der Waals surface area contributed by atoms with E-state index in [4.69, 9.17) is 4.42 Å². The Labute approximate surface area is 96.4 Å². The first kappa shape index (κ1) is 11.4. The van der Waals surface area contributed by atoms with Crippen LogP contribution in [-0.2, 0) is 0 Å². The Morgan fingerprint density at radius 2 is 2.50 bits per heavy atom. The minimum atomic E-state index is 0.0992. The van der Waals surface area contributed by atoms with Gasteiger partial charge in [0, 0.05) is 6.54 Å². The summed E-state index contributed by atoms with van der Waals surface area (Å²) in [6, 6.07) is 3.50. The molecular formula is C13H19NO2. The van der Waals surface area contributed by atoms with Crippen molar-refractivity contribution >= 4 is 5.78 Å². The number of carbonyl (C=O) groups excluding carboxylic acids is 1. The molecule has 0 saturated carbocycles. The Hall–Kier alpha value is -1.09. The second-order valence-electron chi connectivity index (χ2n) is 4.58. The number of Topliss-reactive ketones (excluding diaryl/α,β-unsaturated/α-hetero) is 1. The normalized spacial score (nSPS) is 21.4. The molecule has 0 bridgehead atoms. The Kier molecular flexibility index (Phi) is 3.78. The largest absolute Gasteiger partial charge is 0.461 e. The lowest BCUT2D eigenvalue weighted by Gasteiger charge is -2.13. The highest BCUT2D eigenvalue weighted by molar-refractivity contribution is 5.95. The van der Waals surface area contributed by atoms with Gasteiger partial charge >= 0.3 is 0 Å². The molecule has 1 saturated heterocycles. The summed E-state index contributed by atoms with van der Waals surface area (Å²) < 4.78 is 5.10. The van der Waals surface area contributed by atoms with E-state index >= 15 is 0 Å². The van der Waals surface area contributed by atoms with Gasteiger partial charge in [0.25, 0.3) is 0 Å². The highest BCUT2D eigenvalue weighted by Crippen LogP contribution is 2.20. The lowest BCUT2D eigenvalue weighted by Crippen LogP contribution is -2.27. The highest BCUT2D eigenvalue weighted by atomic mass is 16.3. The van der Waals surface area contributed by atoms with Crippen molar-refractivity contribution in [3.05, 3.63) is 24.2 Å². The third kappa shape index (κ3) is 2.73. The Bertz CT molecular complexity index is 332. The van der Waals surface area contributed by atoms with Crippen molar-refractivity contribution < 1.29 is 9.21 Å². The summed E-state index contributed by atoms with van der Waals surface area (Å²) >= 11 is 0. The molecule has 1 aromatic heterocycles. The molecule has 2 rings (SSSR count). The fraction of sp³-hybridized carbons (Fsp3) is 0.615. The molecule has 0 aromatic carbocycles. The van der Waals surface area contributed by atoms with Crippen LogP contribution in [0.1, 0.15) is 36.7 Å². The summed E-state index contributed by atoms with van der Waals surface area (Å²) in [6.07, 6.45) is 5.31. The van der Waals surface area contributed by atoms with Crippen LogP contribution in [0.5, 0.6) is 0 Å². The van der Waals surface area contributed by atoms with E-state index in [-0.39, 0.29) is 5.78 Å². The van der Waals surface area contributed by atoms with Crippen LogP contribution < -0.4 is 0 Å². The van der Waals surface area contributed by atoms with Gasteiger partial charge in [-0.3, -0.25) is 9.69 Å². The van der Waals surface area contributed by atoms with Crippen molar-refractivity contribution in [1.82, 2.24) is 4.90 Å². The summed E-state index contributed by atoms with van der Waals surface area (Å²) in [6.45, 7) is 4.85. The summed E-state index contributed by atoms with van der Waals surface area (Å²) in [7, 11) is 0. The third-order valence-electron chi connectivity index (χ3n) is 3.23. The molecule has 16 heavy (non-hydrogen) atoms. The van der Waals surface area contributed by atoms with Gasteiger partial charge in [-0.25, -0.2) is 0 Å². The van der Waals surface area contributed by atoms with Gasteiger partial charge in [0.2, 0.25) is 5.78 Å². The van der Waals surface area contributed by atoms with E-state index in [0.29, 0.717) is 12.3 Å². The standard InChI is InChI=1S/C13H19NO2/c1-2-4-11-6-7-14(9-11)10-12(15)13-5-3-8-16-13/h3,5,8,11H,2,4,6-7,9-10H2,1H3. The van der Waals surface area contributed by atoms with Gasteiger partial charge in [0.15, 0.2) is 5.76 Å². The van der Waals surface area contributed by atoms with Crippen molar-refractivity contribution in [2.45, 2.75) is 26.2 Å². The van der Waals surface area contributed by atoms with Crippen LogP contribution in [0.25, 0.3) is 0 Å². The minimum absolute atomic E-state index is 0.0992. The van der Waals surface area contributed by atoms with E-state index in [9.17, 15) is 4.79 Å². The van der Waals surface area contributed by atoms with Crippen molar-refractivity contribution in [1.29, 1.82) is 0 Å². The van der Waals surface area contributed by atoms with Gasteiger partial charge in [-0.1, -0.05) is 13.3 Å². The Morgan fingerprint density at radius 3 is 3.19 bits per heavy atom. The lowest BCUT2D eigenvalue weighted by molar-refractivity contribution is 0.0915. The first-order chi connectivity index (χ1) is 7.79. The summed E-state index contributed by atoms with van der Waals surface area (Å²) in [5.74, 6) is 1.37. The summed E-state index contributed by atoms with van der Waals surface area (Å²) in [5, 5.41) is 0. The van der Waals surface area contributed by atoms with E-state index in [0.717, 1.165) is 19.0 Å². The van der Waals surface area contributed by atoms with Crippen molar-refractivity contribution in [3.8, 4) is 0 Å². The average Bonchev–Trinajstić information content (AvgIpc) is 2.89. The summed E-state index contributed by atoms with van der Waals surface area (Å²) in [5.41, 5.74) is 0. The molecule has 1 aromatic rings. The zero-order chi connectivity index (χ0) is 11.4. The van der Waals surface area contributed by atoms with E-state index < -0.39 is 0 Å². The van der Waals surface area contributed by atoms with E-state index in [1.54, 1.807) is 18.4 Å². The average molecular weight is 221 g/mol. The lowest BCUT2D eigenvalue weighted by atomic mass is 10.0. The molecule has 0 amide bonds. The van der Waals surface area contributed by atoms with Crippen LogP contribution in [0, 0.1) is 5.92 Å². The van der Waals surface area contributed by atoms with Crippen molar-refractivity contribution in [3.63, 3.8) is 0 Å². The number of furan rings is 1. The molecule has 3 heteroatoms. The predicted molar refractivity (Wildman–Crippen MR) is 62.5 cm³/mol. The van der Waals surface area contributed by atoms with Gasteiger partial charge in [0.1, 0.15) is 0 Å². The van der Waals surface area contributed by atoms with Crippen LogP contribution in [0.3, 0.4) is 0 Å². The van der Waals surface area contributed by atoms with Crippen LogP contribution >= 0.6 is 0 Å². The quantitative estimate of drug-likeness (QED) is 0.716. The Morgan fingerprint density at radius 1 is 1.62 bits per heavy atom. The fourth-order valence-electron chi connectivity index (χ4n) is 2.42. The van der Waals surface area contributed by atoms with Crippen LogP contribution in [0.4, 0.5) is 0 Å². The number of carbonyl (C=O) groups is 1. The van der Waals surface area contributed by atoms with Gasteiger partial charge in [-0.15, -0.1) is 0 Å². The number of rotatable bonds is 5. The number of ketones is 1. The smallest absolute Gasteiger partial charge is 0.211 e. The van der Waals surface area contributed by atoms with Gasteiger partial charge < -0.3 is 4.42 Å². The second kappa shape index (κ2) is 5.30. The van der Waals surface area contributed by atoms with Crippen molar-refractivity contribution in [2.24, 2.45) is 5.92 Å². The number of likely N-dealkylation sites (tertiary alicyclic amines) is 1. The number of nitrogens with zero attached hydrogens (tertiary/aromatic N) is 1. The molecule has 3 nitrogen and oxygen atoms in total. The molecule has 0 N–H and O–H groups in total. The number of hydrogen-bond acceptors (Lipinski definition) is 3. The topological polar surface area (TPSA) is 33.5 Å². The molecular weight excluding hydrogens is 202 g/mol. The molecule has 1 atom stereocenters. The highest BCUT2D eigenvalue weighted by Gasteiger charge is 2.24. The summed E-state index contributed by atoms with van der Waals surface area (Å²) in [4.78, 5) is 14.0. The Balaban J connectivity index is 1.81. The molecule has 0 aliphatic carbocycles. The SMILES string of the molecule is CCCC1CCN(CC(=O)c2ccco2)C1. The molecule has 88 valence electrons. The first-order valence-corrected chi connectivity index (χ1v) is 6.08. The maximum atomic E-state index is 11.8. The molecule has 0 spiro atoms. The number of hydrogen-bond donors (Lipinski definition) is 0. The van der Waals surface area contributed by atoms with Crippen LogP contribution in [-0.4, -0.2) is 30.3 Å². The molecule has 1 aliphatic rings. The third-order valence-corrected chi connectivity index (χ3v) is 3.23. The maximum absolute atomic E-state index is 11.8. The van der Waals surface area contributed by atoms with Gasteiger partial charge in [-0.2, -0.15) is 0 Å². The second-order valence-corrected chi connectivity index (χ2v) is 4.58. The van der Waals surface area contributed by atoms with Crippen molar-refractivity contribution in [2.75, 3.05) is 19.6 Å².